The zero-order valence-electron chi connectivity index (χ0n) is 7.31. The SMILES string of the molecule is OC(Cc1ccsc1)c1ccc(Br)o1. The normalized spacial score (nSPS) is 13.0. The number of hydrogen-bond acceptors (Lipinski definition) is 3. The highest BCUT2D eigenvalue weighted by Gasteiger charge is 2.12. The summed E-state index contributed by atoms with van der Waals surface area (Å²) in [6.07, 6.45) is 0.0413. The van der Waals surface area contributed by atoms with Crippen molar-refractivity contribution in [2.45, 2.75) is 12.5 Å². The molecule has 1 N–H and O–H groups in total. The first-order valence-electron chi connectivity index (χ1n) is 4.20. The largest absolute Gasteiger partial charge is 0.452 e. The number of furan rings is 1. The highest BCUT2D eigenvalue weighted by Crippen LogP contribution is 2.23. The molecule has 0 saturated heterocycles. The second kappa shape index (κ2) is 4.29. The van der Waals surface area contributed by atoms with Crippen molar-refractivity contribution >= 4 is 27.3 Å². The Morgan fingerprint density at radius 2 is 2.29 bits per heavy atom. The summed E-state index contributed by atoms with van der Waals surface area (Å²) in [6, 6.07) is 5.57. The van der Waals surface area contributed by atoms with Crippen LogP contribution >= 0.6 is 27.3 Å². The molecule has 1 unspecified atom stereocenters. The maximum atomic E-state index is 9.80. The molecule has 2 aromatic rings. The van der Waals surface area contributed by atoms with Crippen LogP contribution < -0.4 is 0 Å². The van der Waals surface area contributed by atoms with Crippen molar-refractivity contribution in [2.75, 3.05) is 0 Å². The molecule has 0 spiro atoms. The Morgan fingerprint density at radius 1 is 1.43 bits per heavy atom. The predicted molar refractivity (Wildman–Crippen MR) is 59.4 cm³/mol. The van der Waals surface area contributed by atoms with Crippen molar-refractivity contribution in [1.82, 2.24) is 0 Å². The van der Waals surface area contributed by atoms with Gasteiger partial charge in [0.2, 0.25) is 0 Å². The lowest BCUT2D eigenvalue weighted by Gasteiger charge is -2.05. The van der Waals surface area contributed by atoms with E-state index in [0.29, 0.717) is 16.9 Å². The van der Waals surface area contributed by atoms with Gasteiger partial charge in [0.05, 0.1) is 0 Å². The Labute approximate surface area is 94.3 Å². The van der Waals surface area contributed by atoms with Gasteiger partial charge in [0.15, 0.2) is 4.67 Å². The molecule has 14 heavy (non-hydrogen) atoms. The smallest absolute Gasteiger partial charge is 0.169 e. The van der Waals surface area contributed by atoms with Gasteiger partial charge in [-0.25, -0.2) is 0 Å². The van der Waals surface area contributed by atoms with Gasteiger partial charge >= 0.3 is 0 Å². The number of halogens is 1. The fraction of sp³-hybridized carbons (Fsp3) is 0.200. The van der Waals surface area contributed by atoms with Gasteiger partial charge in [-0.1, -0.05) is 0 Å². The molecular formula is C10H9BrO2S. The molecule has 2 heterocycles. The summed E-state index contributed by atoms with van der Waals surface area (Å²) in [5.74, 6) is 0.600. The average Bonchev–Trinajstić information content (AvgIpc) is 2.75. The van der Waals surface area contributed by atoms with Crippen LogP contribution in [0.5, 0.6) is 0 Å². The molecule has 0 fully saturated rings. The second-order valence-electron chi connectivity index (χ2n) is 2.99. The van der Waals surface area contributed by atoms with Crippen LogP contribution in [0.1, 0.15) is 17.4 Å². The van der Waals surface area contributed by atoms with Crippen LogP contribution in [0.15, 0.2) is 38.0 Å². The van der Waals surface area contributed by atoms with Crippen LogP contribution in [0.4, 0.5) is 0 Å². The number of thiophene rings is 1. The van der Waals surface area contributed by atoms with Gasteiger partial charge in [0.25, 0.3) is 0 Å². The predicted octanol–water partition coefficient (Wildman–Crippen LogP) is 3.38. The molecule has 0 saturated carbocycles. The first-order valence-corrected chi connectivity index (χ1v) is 5.93. The molecular weight excluding hydrogens is 264 g/mol. The summed E-state index contributed by atoms with van der Waals surface area (Å²) in [6.45, 7) is 0. The Balaban J connectivity index is 2.06. The molecule has 2 rings (SSSR count). The van der Waals surface area contributed by atoms with Crippen molar-refractivity contribution in [3.8, 4) is 0 Å². The van der Waals surface area contributed by atoms with Crippen molar-refractivity contribution in [3.63, 3.8) is 0 Å². The standard InChI is InChI=1S/C10H9BrO2S/c11-10-2-1-9(13-10)8(12)5-7-3-4-14-6-7/h1-4,6,8,12H,5H2. The summed E-state index contributed by atoms with van der Waals surface area (Å²) in [5, 5.41) is 13.8. The molecule has 0 radical (unpaired) electrons. The van der Waals surface area contributed by atoms with Crippen molar-refractivity contribution in [1.29, 1.82) is 0 Å². The van der Waals surface area contributed by atoms with Crippen molar-refractivity contribution < 1.29 is 9.52 Å². The monoisotopic (exact) mass is 272 g/mol. The van der Waals surface area contributed by atoms with Crippen LogP contribution in [0.2, 0.25) is 0 Å². The van der Waals surface area contributed by atoms with Gasteiger partial charge in [-0.2, -0.15) is 11.3 Å². The maximum Gasteiger partial charge on any atom is 0.169 e. The van der Waals surface area contributed by atoms with E-state index in [1.54, 1.807) is 23.5 Å². The molecule has 4 heteroatoms. The second-order valence-corrected chi connectivity index (χ2v) is 4.56. The number of hydrogen-bond donors (Lipinski definition) is 1. The lowest BCUT2D eigenvalue weighted by molar-refractivity contribution is 0.149. The third-order valence-electron chi connectivity index (χ3n) is 1.93. The Morgan fingerprint density at radius 3 is 2.86 bits per heavy atom. The summed E-state index contributed by atoms with van der Waals surface area (Å²) >= 11 is 4.83. The zero-order valence-corrected chi connectivity index (χ0v) is 9.72. The van der Waals surface area contributed by atoms with E-state index in [1.807, 2.05) is 16.8 Å². The molecule has 0 bridgehead atoms. The summed E-state index contributed by atoms with van der Waals surface area (Å²) in [5.41, 5.74) is 1.13. The average molecular weight is 273 g/mol. The number of rotatable bonds is 3. The van der Waals surface area contributed by atoms with Crippen molar-refractivity contribution in [3.05, 3.63) is 45.0 Å². The van der Waals surface area contributed by atoms with E-state index in [4.69, 9.17) is 4.42 Å². The van der Waals surface area contributed by atoms with Crippen LogP contribution in [0.25, 0.3) is 0 Å². The molecule has 0 aliphatic heterocycles. The minimum atomic E-state index is -0.559. The molecule has 1 atom stereocenters. The van der Waals surface area contributed by atoms with Gasteiger partial charge in [0.1, 0.15) is 11.9 Å². The van der Waals surface area contributed by atoms with E-state index < -0.39 is 6.10 Å². The van der Waals surface area contributed by atoms with Crippen molar-refractivity contribution in [2.24, 2.45) is 0 Å². The van der Waals surface area contributed by atoms with Gasteiger partial charge in [-0.3, -0.25) is 0 Å². The van der Waals surface area contributed by atoms with Crippen LogP contribution in [-0.2, 0) is 6.42 Å². The minimum Gasteiger partial charge on any atom is -0.452 e. The lowest BCUT2D eigenvalue weighted by Crippen LogP contribution is -1.98. The Kier molecular flexibility index (Phi) is 3.05. The molecule has 2 aromatic heterocycles. The topological polar surface area (TPSA) is 33.4 Å². The van der Waals surface area contributed by atoms with Crippen LogP contribution in [0, 0.1) is 0 Å². The summed E-state index contributed by atoms with van der Waals surface area (Å²) < 4.78 is 5.91. The molecule has 0 aliphatic carbocycles. The minimum absolute atomic E-state index is 0.559. The molecule has 0 aliphatic rings. The number of aliphatic hydroxyl groups is 1. The molecule has 0 amide bonds. The van der Waals surface area contributed by atoms with E-state index in [0.717, 1.165) is 5.56 Å². The van der Waals surface area contributed by atoms with Gasteiger partial charge in [0, 0.05) is 6.42 Å². The fourth-order valence-corrected chi connectivity index (χ4v) is 2.24. The maximum absolute atomic E-state index is 9.80. The Bertz CT molecular complexity index is 394. The Hall–Kier alpha value is -0.580. The van der Waals surface area contributed by atoms with Crippen LogP contribution in [0.3, 0.4) is 0 Å². The van der Waals surface area contributed by atoms with Gasteiger partial charge in [-0.05, 0) is 50.5 Å². The van der Waals surface area contributed by atoms with Crippen LogP contribution in [-0.4, -0.2) is 5.11 Å². The van der Waals surface area contributed by atoms with E-state index in [9.17, 15) is 5.11 Å². The lowest BCUT2D eigenvalue weighted by atomic mass is 10.1. The third-order valence-corrected chi connectivity index (χ3v) is 3.09. The van der Waals surface area contributed by atoms with Gasteiger partial charge < -0.3 is 9.52 Å². The van der Waals surface area contributed by atoms with E-state index in [-0.39, 0.29) is 0 Å². The zero-order chi connectivity index (χ0) is 9.97. The summed E-state index contributed by atoms with van der Waals surface area (Å²) in [4.78, 5) is 0. The third kappa shape index (κ3) is 2.26. The highest BCUT2D eigenvalue weighted by atomic mass is 79.9. The highest BCUT2D eigenvalue weighted by molar-refractivity contribution is 9.10. The fourth-order valence-electron chi connectivity index (χ4n) is 1.24. The van der Waals surface area contributed by atoms with E-state index in [1.165, 1.54) is 0 Å². The quantitative estimate of drug-likeness (QED) is 0.930. The van der Waals surface area contributed by atoms with E-state index >= 15 is 0 Å². The first-order chi connectivity index (χ1) is 6.75. The molecule has 0 aromatic carbocycles. The molecule has 2 nitrogen and oxygen atoms in total. The van der Waals surface area contributed by atoms with E-state index in [2.05, 4.69) is 15.9 Å². The number of aliphatic hydroxyl groups excluding tert-OH is 1. The van der Waals surface area contributed by atoms with Gasteiger partial charge in [-0.15, -0.1) is 0 Å². The molecule has 74 valence electrons. The summed E-state index contributed by atoms with van der Waals surface area (Å²) in [7, 11) is 0. The first kappa shape index (κ1) is 9.96.